The summed E-state index contributed by atoms with van der Waals surface area (Å²) in [6.07, 6.45) is 2.38. The lowest BCUT2D eigenvalue weighted by atomic mass is 10.1. The number of hydrogen-bond donors (Lipinski definition) is 4. The minimum absolute atomic E-state index is 0.0437. The number of carbonyl (C=O) groups is 1. The molecule has 0 heterocycles. The van der Waals surface area contributed by atoms with Crippen molar-refractivity contribution in [1.29, 1.82) is 0 Å². The molecule has 0 radical (unpaired) electrons. The Balaban J connectivity index is 1.66. The molecule has 8 heteroatoms. The monoisotopic (exact) mass is 387 g/mol. The van der Waals surface area contributed by atoms with Crippen LogP contribution in [0, 0.1) is 0 Å². The third-order valence-corrected chi connectivity index (χ3v) is 3.97. The van der Waals surface area contributed by atoms with Gasteiger partial charge in [0.2, 0.25) is 5.91 Å². The number of aromatic hydroxyl groups is 2. The van der Waals surface area contributed by atoms with Crippen LogP contribution >= 0.6 is 0 Å². The van der Waals surface area contributed by atoms with Crippen LogP contribution in [0.1, 0.15) is 17.5 Å². The number of phenolic OH excluding ortho intramolecular Hbond substituents is 2. The lowest BCUT2D eigenvalue weighted by Gasteiger charge is -2.10. The Bertz CT molecular complexity index is 823. The second kappa shape index (κ2) is 10.8. The van der Waals surface area contributed by atoms with E-state index < -0.39 is 0 Å². The molecule has 0 fully saturated rings. The van der Waals surface area contributed by atoms with E-state index >= 15 is 0 Å². The predicted molar refractivity (Wildman–Crippen MR) is 106 cm³/mol. The van der Waals surface area contributed by atoms with Gasteiger partial charge in [-0.05, 0) is 42.8 Å². The number of hydrazone groups is 1. The number of amides is 1. The first-order valence-corrected chi connectivity index (χ1v) is 8.79. The number of phenols is 2. The zero-order valence-electron chi connectivity index (χ0n) is 15.9. The second-order valence-electron chi connectivity index (χ2n) is 5.98. The van der Waals surface area contributed by atoms with Gasteiger partial charge < -0.3 is 25.0 Å². The summed E-state index contributed by atoms with van der Waals surface area (Å²) < 4.78 is 10.5. The molecule has 4 N–H and O–H groups in total. The fourth-order valence-corrected chi connectivity index (χ4v) is 2.47. The van der Waals surface area contributed by atoms with Gasteiger partial charge in [0.1, 0.15) is 11.5 Å². The molecule has 8 nitrogen and oxygen atoms in total. The van der Waals surface area contributed by atoms with Gasteiger partial charge in [-0.15, -0.1) is 0 Å². The zero-order valence-corrected chi connectivity index (χ0v) is 15.9. The molecule has 0 aliphatic rings. The summed E-state index contributed by atoms with van der Waals surface area (Å²) in [5, 5.41) is 25.8. The maximum atomic E-state index is 11.8. The van der Waals surface area contributed by atoms with E-state index in [1.165, 1.54) is 24.4 Å². The molecule has 0 saturated heterocycles. The second-order valence-corrected chi connectivity index (χ2v) is 5.98. The highest BCUT2D eigenvalue weighted by molar-refractivity contribution is 5.85. The van der Waals surface area contributed by atoms with Crippen molar-refractivity contribution in [3.05, 3.63) is 47.5 Å². The highest BCUT2D eigenvalue weighted by atomic mass is 16.5. The SMILES string of the molecule is COc1ccc(CCNCCC(=O)NN=Cc2ccc(O)cc2O)cc1OC. The van der Waals surface area contributed by atoms with E-state index in [0.29, 0.717) is 30.2 Å². The standard InChI is InChI=1S/C20H25N3O5/c1-27-18-6-3-14(11-19(18)28-2)7-9-21-10-8-20(26)23-22-13-15-4-5-16(24)12-17(15)25/h3-6,11-13,21,24-25H,7-10H2,1-2H3,(H,23,26). The van der Waals surface area contributed by atoms with Crippen LogP contribution in [0.3, 0.4) is 0 Å². The zero-order chi connectivity index (χ0) is 20.4. The van der Waals surface area contributed by atoms with Crippen molar-refractivity contribution in [2.45, 2.75) is 12.8 Å². The number of methoxy groups -OCH3 is 2. The highest BCUT2D eigenvalue weighted by Gasteiger charge is 2.05. The first kappa shape index (κ1) is 21.0. The summed E-state index contributed by atoms with van der Waals surface area (Å²) >= 11 is 0. The van der Waals surface area contributed by atoms with E-state index in [1.54, 1.807) is 14.2 Å². The van der Waals surface area contributed by atoms with Gasteiger partial charge in [0.05, 0.1) is 20.4 Å². The summed E-state index contributed by atoms with van der Waals surface area (Å²) in [4.78, 5) is 11.8. The molecule has 2 aromatic carbocycles. The van der Waals surface area contributed by atoms with Crippen LogP contribution in [0.15, 0.2) is 41.5 Å². The summed E-state index contributed by atoms with van der Waals surface area (Å²) in [5.74, 6) is 0.981. The maximum absolute atomic E-state index is 11.8. The smallest absolute Gasteiger partial charge is 0.241 e. The normalized spacial score (nSPS) is 10.8. The summed E-state index contributed by atoms with van der Waals surface area (Å²) in [7, 11) is 3.20. The molecule has 0 spiro atoms. The van der Waals surface area contributed by atoms with Crippen LogP contribution in [0.25, 0.3) is 0 Å². The van der Waals surface area contributed by atoms with Crippen LogP contribution in [-0.4, -0.2) is 49.6 Å². The summed E-state index contributed by atoms with van der Waals surface area (Å²) in [6.45, 7) is 1.23. The Morgan fingerprint density at radius 1 is 1.07 bits per heavy atom. The number of nitrogens with one attached hydrogen (secondary N) is 2. The van der Waals surface area contributed by atoms with Crippen LogP contribution in [0.5, 0.6) is 23.0 Å². The molecule has 0 aliphatic carbocycles. The van der Waals surface area contributed by atoms with Crippen LogP contribution in [0.2, 0.25) is 0 Å². The molecule has 0 bridgehead atoms. The van der Waals surface area contributed by atoms with Crippen LogP contribution < -0.4 is 20.2 Å². The maximum Gasteiger partial charge on any atom is 0.241 e. The summed E-state index contributed by atoms with van der Waals surface area (Å²) in [5.41, 5.74) is 3.89. The number of hydrogen-bond acceptors (Lipinski definition) is 7. The molecular weight excluding hydrogens is 362 g/mol. The fourth-order valence-electron chi connectivity index (χ4n) is 2.47. The third kappa shape index (κ3) is 6.48. The number of rotatable bonds is 10. The molecule has 0 aliphatic heterocycles. The highest BCUT2D eigenvalue weighted by Crippen LogP contribution is 2.27. The lowest BCUT2D eigenvalue weighted by molar-refractivity contribution is -0.120. The van der Waals surface area contributed by atoms with Crippen molar-refractivity contribution in [2.24, 2.45) is 5.10 Å². The molecule has 1 amide bonds. The van der Waals surface area contributed by atoms with Gasteiger partial charge in [-0.25, -0.2) is 5.43 Å². The molecule has 2 aromatic rings. The van der Waals surface area contributed by atoms with Crippen molar-refractivity contribution in [3.63, 3.8) is 0 Å². The first-order valence-electron chi connectivity index (χ1n) is 8.79. The van der Waals surface area contributed by atoms with Gasteiger partial charge in [0, 0.05) is 24.6 Å². The van der Waals surface area contributed by atoms with Crippen molar-refractivity contribution < 1.29 is 24.5 Å². The van der Waals surface area contributed by atoms with Gasteiger partial charge in [0.25, 0.3) is 0 Å². The van der Waals surface area contributed by atoms with Gasteiger partial charge in [-0.3, -0.25) is 4.79 Å². The van der Waals surface area contributed by atoms with E-state index in [9.17, 15) is 15.0 Å². The Kier molecular flexibility index (Phi) is 8.11. The summed E-state index contributed by atoms with van der Waals surface area (Å²) in [6, 6.07) is 9.89. The largest absolute Gasteiger partial charge is 0.508 e. The number of carbonyl (C=O) groups excluding carboxylic acids is 1. The number of benzene rings is 2. The van der Waals surface area contributed by atoms with Crippen molar-refractivity contribution >= 4 is 12.1 Å². The minimum atomic E-state index is -0.242. The Morgan fingerprint density at radius 3 is 2.57 bits per heavy atom. The average molecular weight is 387 g/mol. The quantitative estimate of drug-likeness (QED) is 0.281. The lowest BCUT2D eigenvalue weighted by Crippen LogP contribution is -2.25. The molecule has 0 saturated carbocycles. The predicted octanol–water partition coefficient (Wildman–Crippen LogP) is 1.79. The van der Waals surface area contributed by atoms with Crippen molar-refractivity contribution in [2.75, 3.05) is 27.3 Å². The minimum Gasteiger partial charge on any atom is -0.508 e. The molecule has 28 heavy (non-hydrogen) atoms. The van der Waals surface area contributed by atoms with Gasteiger partial charge in [-0.2, -0.15) is 5.10 Å². The Morgan fingerprint density at radius 2 is 1.86 bits per heavy atom. The van der Waals surface area contributed by atoms with Gasteiger partial charge >= 0.3 is 0 Å². The molecular formula is C20H25N3O5. The van der Waals surface area contributed by atoms with Crippen molar-refractivity contribution in [1.82, 2.24) is 10.7 Å². The van der Waals surface area contributed by atoms with Crippen molar-refractivity contribution in [3.8, 4) is 23.0 Å². The third-order valence-electron chi connectivity index (χ3n) is 3.97. The fraction of sp³-hybridized carbons (Fsp3) is 0.300. The van der Waals surface area contributed by atoms with Crippen LogP contribution in [-0.2, 0) is 11.2 Å². The Hall–Kier alpha value is -3.26. The van der Waals surface area contributed by atoms with E-state index in [2.05, 4.69) is 15.8 Å². The average Bonchev–Trinajstić information content (AvgIpc) is 2.69. The number of nitrogens with zero attached hydrogens (tertiary/aromatic N) is 1. The molecule has 150 valence electrons. The van der Waals surface area contributed by atoms with E-state index in [1.807, 2.05) is 18.2 Å². The van der Waals surface area contributed by atoms with E-state index in [-0.39, 0.29) is 23.8 Å². The van der Waals surface area contributed by atoms with E-state index in [4.69, 9.17) is 9.47 Å². The first-order chi connectivity index (χ1) is 13.5. The molecule has 0 atom stereocenters. The van der Waals surface area contributed by atoms with Gasteiger partial charge in [0.15, 0.2) is 11.5 Å². The molecule has 0 aromatic heterocycles. The number of ether oxygens (including phenoxy) is 2. The van der Waals surface area contributed by atoms with Gasteiger partial charge in [-0.1, -0.05) is 6.07 Å². The topological polar surface area (TPSA) is 112 Å². The molecule has 0 unspecified atom stereocenters. The Labute approximate surface area is 163 Å². The van der Waals surface area contributed by atoms with Crippen LogP contribution in [0.4, 0.5) is 0 Å². The van der Waals surface area contributed by atoms with E-state index in [0.717, 1.165) is 12.0 Å². The molecule has 2 rings (SSSR count).